The number of oxazole rings is 1. The minimum absolute atomic E-state index is 0.260. The Labute approximate surface area is 275 Å². The molecule has 0 radical (unpaired) electrons. The van der Waals surface area contributed by atoms with E-state index in [0.29, 0.717) is 22.9 Å². The molecule has 1 atom stereocenters. The molecule has 236 valence electrons. The molecule has 0 saturated carbocycles. The Morgan fingerprint density at radius 2 is 1.89 bits per heavy atom. The molecule has 1 unspecified atom stereocenters. The molecule has 1 N–H and O–H groups in total. The second kappa shape index (κ2) is 12.6. The highest BCUT2D eigenvalue weighted by Gasteiger charge is 2.24. The van der Waals surface area contributed by atoms with Gasteiger partial charge in [-0.25, -0.2) is 9.97 Å². The number of aldehydes is 1. The maximum Gasteiger partial charge on any atom is 0.227 e. The van der Waals surface area contributed by atoms with Crippen molar-refractivity contribution in [2.75, 3.05) is 18.4 Å². The van der Waals surface area contributed by atoms with Crippen LogP contribution in [0.1, 0.15) is 72.6 Å². The standard InChI is InChI=1S/C40H39N5O2/c1-6-30-18-28(22-45-16-13-24(2)14-17-45)20-35-38(30)47-40(43-35)34-9-7-8-32(26(34)4)33-11-10-25(3)36(27(33)5)44-39-37-31(12-15-41-39)19-29(23-46)21-42-37/h1,7-9,11-12,15,18-21,23-25H,10,13-14,16-17,22H2,2-5H3,(H,41,44). The summed E-state index contributed by atoms with van der Waals surface area (Å²) in [4.78, 5) is 28.0. The van der Waals surface area contributed by atoms with Crippen LogP contribution in [0.25, 0.3) is 39.0 Å². The molecule has 0 amide bonds. The van der Waals surface area contributed by atoms with Crippen molar-refractivity contribution in [3.05, 3.63) is 100 Å². The van der Waals surface area contributed by atoms with Crippen LogP contribution in [0.15, 0.2) is 76.6 Å². The molecule has 7 rings (SSSR count). The second-order valence-electron chi connectivity index (χ2n) is 13.1. The molecule has 7 nitrogen and oxygen atoms in total. The Morgan fingerprint density at radius 3 is 2.68 bits per heavy atom. The third-order valence-electron chi connectivity index (χ3n) is 9.83. The van der Waals surface area contributed by atoms with E-state index in [1.165, 1.54) is 24.0 Å². The molecule has 7 heteroatoms. The second-order valence-corrected chi connectivity index (χ2v) is 13.1. The third kappa shape index (κ3) is 5.86. The summed E-state index contributed by atoms with van der Waals surface area (Å²) in [5, 5.41) is 4.49. The molecule has 0 spiro atoms. The van der Waals surface area contributed by atoms with Crippen molar-refractivity contribution >= 4 is 39.7 Å². The summed E-state index contributed by atoms with van der Waals surface area (Å²) in [6.45, 7) is 11.9. The first kappa shape index (κ1) is 30.6. The Hall–Kier alpha value is -5.06. The summed E-state index contributed by atoms with van der Waals surface area (Å²) in [5.74, 6) is 5.15. The fourth-order valence-corrected chi connectivity index (χ4v) is 7.01. The van der Waals surface area contributed by atoms with Gasteiger partial charge in [-0.1, -0.05) is 38.0 Å². The maximum absolute atomic E-state index is 11.3. The Bertz CT molecular complexity index is 2120. The van der Waals surface area contributed by atoms with E-state index < -0.39 is 0 Å². The molecule has 5 aromatic rings. The summed E-state index contributed by atoms with van der Waals surface area (Å²) in [5.41, 5.74) is 11.2. The summed E-state index contributed by atoms with van der Waals surface area (Å²) in [7, 11) is 0. The number of likely N-dealkylation sites (tertiary alicyclic amines) is 1. The van der Waals surface area contributed by atoms with Gasteiger partial charge in [-0.15, -0.1) is 6.42 Å². The van der Waals surface area contributed by atoms with Gasteiger partial charge >= 0.3 is 0 Å². The summed E-state index contributed by atoms with van der Waals surface area (Å²) in [6, 6.07) is 14.2. The van der Waals surface area contributed by atoms with E-state index in [4.69, 9.17) is 15.8 Å². The topological polar surface area (TPSA) is 84.2 Å². The number of hydrogen-bond acceptors (Lipinski definition) is 7. The van der Waals surface area contributed by atoms with Crippen LogP contribution in [0.5, 0.6) is 0 Å². The number of rotatable bonds is 7. The number of nitrogens with zero attached hydrogens (tertiary/aromatic N) is 4. The first-order valence-electron chi connectivity index (χ1n) is 16.4. The van der Waals surface area contributed by atoms with E-state index in [-0.39, 0.29) is 5.92 Å². The number of anilines is 1. The number of nitrogens with one attached hydrogen (secondary N) is 1. The van der Waals surface area contributed by atoms with Crippen molar-refractivity contribution in [2.45, 2.75) is 53.5 Å². The average Bonchev–Trinajstić information content (AvgIpc) is 3.51. The normalized spacial score (nSPS) is 17.6. The van der Waals surface area contributed by atoms with Gasteiger partial charge < -0.3 is 9.73 Å². The minimum atomic E-state index is 0.260. The molecular formula is C40H39N5O2. The van der Waals surface area contributed by atoms with Gasteiger partial charge in [0.05, 0.1) is 5.56 Å². The molecular weight excluding hydrogens is 582 g/mol. The van der Waals surface area contributed by atoms with E-state index >= 15 is 0 Å². The minimum Gasteiger partial charge on any atom is -0.435 e. The molecule has 1 saturated heterocycles. The van der Waals surface area contributed by atoms with Crippen LogP contribution < -0.4 is 5.32 Å². The molecule has 1 aliphatic heterocycles. The van der Waals surface area contributed by atoms with Gasteiger partial charge in [0.1, 0.15) is 11.0 Å². The summed E-state index contributed by atoms with van der Waals surface area (Å²) in [6.07, 6.45) is 15.8. The van der Waals surface area contributed by atoms with E-state index in [9.17, 15) is 4.79 Å². The van der Waals surface area contributed by atoms with E-state index in [2.05, 4.69) is 90.2 Å². The first-order valence-corrected chi connectivity index (χ1v) is 16.4. The number of terminal acetylenes is 1. The lowest BCUT2D eigenvalue weighted by molar-refractivity contribution is 0.112. The Kier molecular flexibility index (Phi) is 8.21. The van der Waals surface area contributed by atoms with Gasteiger partial charge in [-0.2, -0.15) is 0 Å². The highest BCUT2D eigenvalue weighted by Crippen LogP contribution is 2.40. The number of carbonyl (C=O) groups is 1. The van der Waals surface area contributed by atoms with Crippen molar-refractivity contribution in [2.24, 2.45) is 11.8 Å². The van der Waals surface area contributed by atoms with E-state index in [1.807, 2.05) is 12.1 Å². The van der Waals surface area contributed by atoms with Crippen LogP contribution in [0.3, 0.4) is 0 Å². The fraction of sp³-hybridized carbons (Fsp3) is 0.300. The molecule has 47 heavy (non-hydrogen) atoms. The van der Waals surface area contributed by atoms with Crippen molar-refractivity contribution in [3.8, 4) is 23.8 Å². The Morgan fingerprint density at radius 1 is 1.09 bits per heavy atom. The monoisotopic (exact) mass is 621 g/mol. The van der Waals surface area contributed by atoms with Crippen LogP contribution in [-0.4, -0.2) is 39.2 Å². The number of piperidine rings is 1. The SMILES string of the molecule is C#Cc1cc(CN2CCC(C)CC2)cc2nc(-c3cccc(C4=CCC(C)C(Nc5nccc6cc(C=O)cnc56)=C4C)c3C)oc12. The zero-order chi connectivity index (χ0) is 32.7. The number of aromatic nitrogens is 3. The van der Waals surface area contributed by atoms with Crippen molar-refractivity contribution in [3.63, 3.8) is 0 Å². The quantitative estimate of drug-likeness (QED) is 0.144. The highest BCUT2D eigenvalue weighted by molar-refractivity contribution is 5.93. The number of allylic oxidation sites excluding steroid dienone is 4. The lowest BCUT2D eigenvalue weighted by atomic mass is 9.83. The molecule has 1 aliphatic carbocycles. The van der Waals surface area contributed by atoms with Gasteiger partial charge in [0.2, 0.25) is 5.89 Å². The van der Waals surface area contributed by atoms with Gasteiger partial charge in [-0.3, -0.25) is 14.7 Å². The number of fused-ring (bicyclic) bond motifs is 2. The zero-order valence-corrected chi connectivity index (χ0v) is 27.4. The van der Waals surface area contributed by atoms with Crippen molar-refractivity contribution in [1.29, 1.82) is 0 Å². The average molecular weight is 622 g/mol. The number of hydrogen-bond donors (Lipinski definition) is 1. The van der Waals surface area contributed by atoms with Gasteiger partial charge in [0.25, 0.3) is 0 Å². The van der Waals surface area contributed by atoms with Gasteiger partial charge in [0, 0.05) is 41.1 Å². The predicted molar refractivity (Wildman–Crippen MR) is 189 cm³/mol. The lowest BCUT2D eigenvalue weighted by Crippen LogP contribution is -2.32. The molecule has 4 heterocycles. The van der Waals surface area contributed by atoms with Gasteiger partial charge in [-0.05, 0) is 116 Å². The molecule has 2 aliphatic rings. The first-order chi connectivity index (χ1) is 22.8. The number of pyridine rings is 2. The largest absolute Gasteiger partial charge is 0.435 e. The maximum atomic E-state index is 11.3. The Balaban J connectivity index is 1.22. The van der Waals surface area contributed by atoms with E-state index in [1.54, 1.807) is 12.4 Å². The van der Waals surface area contributed by atoms with Crippen LogP contribution in [0.4, 0.5) is 5.82 Å². The fourth-order valence-electron chi connectivity index (χ4n) is 7.01. The highest BCUT2D eigenvalue weighted by atomic mass is 16.3. The zero-order valence-electron chi connectivity index (χ0n) is 27.4. The van der Waals surface area contributed by atoms with Crippen LogP contribution in [-0.2, 0) is 6.54 Å². The molecule has 1 fully saturated rings. The number of carbonyl (C=O) groups excluding carboxylic acids is 1. The number of benzene rings is 2. The van der Waals surface area contributed by atoms with Crippen LogP contribution in [0, 0.1) is 31.1 Å². The van der Waals surface area contributed by atoms with Crippen LogP contribution in [0.2, 0.25) is 0 Å². The van der Waals surface area contributed by atoms with Gasteiger partial charge in [0.15, 0.2) is 17.7 Å². The van der Waals surface area contributed by atoms with Crippen molar-refractivity contribution in [1.82, 2.24) is 19.9 Å². The van der Waals surface area contributed by atoms with Crippen LogP contribution >= 0.6 is 0 Å². The molecule has 3 aromatic heterocycles. The smallest absolute Gasteiger partial charge is 0.227 e. The molecule has 2 aromatic carbocycles. The van der Waals surface area contributed by atoms with E-state index in [0.717, 1.165) is 88.2 Å². The third-order valence-corrected chi connectivity index (χ3v) is 9.83. The summed E-state index contributed by atoms with van der Waals surface area (Å²) >= 11 is 0. The lowest BCUT2D eigenvalue weighted by Gasteiger charge is -2.30. The predicted octanol–water partition coefficient (Wildman–Crippen LogP) is 8.58. The van der Waals surface area contributed by atoms with Crippen molar-refractivity contribution < 1.29 is 9.21 Å². The summed E-state index contributed by atoms with van der Waals surface area (Å²) < 4.78 is 6.41. The molecule has 0 bridgehead atoms.